The fourth-order valence-electron chi connectivity index (χ4n) is 4.88. The molecule has 4 rings (SSSR count). The summed E-state index contributed by atoms with van der Waals surface area (Å²) in [6.45, 7) is 4.70. The van der Waals surface area contributed by atoms with E-state index in [4.69, 9.17) is 14.2 Å². The topological polar surface area (TPSA) is 80.3 Å². The van der Waals surface area contributed by atoms with Crippen molar-refractivity contribution in [1.29, 1.82) is 0 Å². The molecule has 0 aliphatic carbocycles. The second-order valence-corrected chi connectivity index (χ2v) is 9.82. The van der Waals surface area contributed by atoms with Gasteiger partial charge in [-0.25, -0.2) is 0 Å². The van der Waals surface area contributed by atoms with Crippen LogP contribution in [-0.2, 0) is 33.7 Å². The lowest BCUT2D eigenvalue weighted by Gasteiger charge is -2.32. The molecule has 1 atom stereocenters. The van der Waals surface area contributed by atoms with Gasteiger partial charge in [0.2, 0.25) is 11.8 Å². The van der Waals surface area contributed by atoms with Gasteiger partial charge in [0.1, 0.15) is 6.04 Å². The molecule has 1 aliphatic heterocycles. The van der Waals surface area contributed by atoms with Gasteiger partial charge in [-0.15, -0.1) is 0 Å². The van der Waals surface area contributed by atoms with Crippen molar-refractivity contribution in [2.24, 2.45) is 0 Å². The Morgan fingerprint density at radius 2 is 1.52 bits per heavy atom. The van der Waals surface area contributed by atoms with Gasteiger partial charge in [-0.3, -0.25) is 14.5 Å². The number of carbonyl (C=O) groups is 2. The van der Waals surface area contributed by atoms with E-state index in [0.29, 0.717) is 44.2 Å². The van der Waals surface area contributed by atoms with Gasteiger partial charge in [-0.05, 0) is 28.8 Å². The average Bonchev–Trinajstić information content (AvgIpc) is 3.00. The van der Waals surface area contributed by atoms with Crippen molar-refractivity contribution >= 4 is 11.8 Å². The van der Waals surface area contributed by atoms with E-state index >= 15 is 0 Å². The zero-order valence-corrected chi connectivity index (χ0v) is 23.4. The molecule has 0 spiro atoms. The number of nitrogens with zero attached hydrogens (tertiary/aromatic N) is 2. The number of benzene rings is 3. The van der Waals surface area contributed by atoms with Crippen LogP contribution in [0.2, 0.25) is 0 Å². The molecule has 8 nitrogen and oxygen atoms in total. The summed E-state index contributed by atoms with van der Waals surface area (Å²) in [5.74, 6) is 0.861. The normalized spacial score (nSPS) is 14.2. The van der Waals surface area contributed by atoms with Crippen molar-refractivity contribution in [3.8, 4) is 11.5 Å². The first-order chi connectivity index (χ1) is 19.6. The van der Waals surface area contributed by atoms with Gasteiger partial charge in [0.25, 0.3) is 0 Å². The number of amides is 2. The first-order valence-electron chi connectivity index (χ1n) is 13.7. The Morgan fingerprint density at radius 3 is 2.17 bits per heavy atom. The molecule has 3 aromatic rings. The smallest absolute Gasteiger partial charge is 0.243 e. The molecule has 1 aliphatic rings. The zero-order chi connectivity index (χ0) is 28.2. The Bertz CT molecular complexity index is 1220. The summed E-state index contributed by atoms with van der Waals surface area (Å²) < 4.78 is 16.2. The Balaban J connectivity index is 1.58. The van der Waals surface area contributed by atoms with E-state index in [0.717, 1.165) is 36.3 Å². The van der Waals surface area contributed by atoms with E-state index in [1.807, 2.05) is 72.8 Å². The summed E-state index contributed by atoms with van der Waals surface area (Å²) in [6.07, 6.45) is 0.536. The van der Waals surface area contributed by atoms with Crippen LogP contribution in [0.4, 0.5) is 0 Å². The van der Waals surface area contributed by atoms with Crippen LogP contribution < -0.4 is 14.8 Å². The third-order valence-electron chi connectivity index (χ3n) is 7.10. The lowest BCUT2D eigenvalue weighted by molar-refractivity contribution is -0.140. The van der Waals surface area contributed by atoms with Crippen molar-refractivity contribution < 1.29 is 23.8 Å². The third kappa shape index (κ3) is 8.31. The molecule has 1 fully saturated rings. The fraction of sp³-hybridized carbons (Fsp3) is 0.375. The highest BCUT2D eigenvalue weighted by atomic mass is 16.5. The van der Waals surface area contributed by atoms with Crippen LogP contribution >= 0.6 is 0 Å². The van der Waals surface area contributed by atoms with Gasteiger partial charge in [0.05, 0.1) is 33.9 Å². The maximum Gasteiger partial charge on any atom is 0.243 e. The number of hydrogen-bond acceptors (Lipinski definition) is 6. The summed E-state index contributed by atoms with van der Waals surface area (Å²) >= 11 is 0. The molecule has 1 N–H and O–H groups in total. The van der Waals surface area contributed by atoms with Crippen molar-refractivity contribution in [2.45, 2.75) is 25.4 Å². The van der Waals surface area contributed by atoms with Gasteiger partial charge in [-0.2, -0.15) is 0 Å². The van der Waals surface area contributed by atoms with E-state index in [-0.39, 0.29) is 18.2 Å². The Kier molecular flexibility index (Phi) is 11.0. The highest BCUT2D eigenvalue weighted by Crippen LogP contribution is 2.28. The monoisotopic (exact) mass is 545 g/mol. The minimum absolute atomic E-state index is 0.125. The number of rotatable bonds is 13. The molecule has 0 bridgehead atoms. The van der Waals surface area contributed by atoms with Crippen molar-refractivity contribution in [3.05, 3.63) is 95.6 Å². The van der Waals surface area contributed by atoms with Gasteiger partial charge < -0.3 is 24.4 Å². The zero-order valence-electron chi connectivity index (χ0n) is 23.4. The molecule has 0 unspecified atom stereocenters. The van der Waals surface area contributed by atoms with Crippen molar-refractivity contribution in [2.75, 3.05) is 53.6 Å². The lowest BCUT2D eigenvalue weighted by atomic mass is 10.0. The Morgan fingerprint density at radius 1 is 0.875 bits per heavy atom. The Hall–Kier alpha value is -3.88. The predicted molar refractivity (Wildman–Crippen MR) is 154 cm³/mol. The van der Waals surface area contributed by atoms with Crippen LogP contribution in [0, 0.1) is 0 Å². The molecule has 8 heteroatoms. The second-order valence-electron chi connectivity index (χ2n) is 9.82. The summed E-state index contributed by atoms with van der Waals surface area (Å²) in [5.41, 5.74) is 2.74. The molecular formula is C32H39N3O5. The molecule has 1 heterocycles. The first-order valence-corrected chi connectivity index (χ1v) is 13.7. The third-order valence-corrected chi connectivity index (χ3v) is 7.10. The summed E-state index contributed by atoms with van der Waals surface area (Å²) in [6, 6.07) is 24.4. The molecule has 40 heavy (non-hydrogen) atoms. The Labute approximate surface area is 236 Å². The molecule has 2 amide bonds. The molecule has 0 aromatic heterocycles. The minimum Gasteiger partial charge on any atom is -0.493 e. The van der Waals surface area contributed by atoms with E-state index in [9.17, 15) is 9.59 Å². The number of ether oxygens (including phenoxy) is 3. The molecule has 212 valence electrons. The summed E-state index contributed by atoms with van der Waals surface area (Å²) in [7, 11) is 3.15. The number of hydrogen-bond donors (Lipinski definition) is 1. The first kappa shape index (κ1) is 29.1. The average molecular weight is 546 g/mol. The highest BCUT2D eigenvalue weighted by Gasteiger charge is 2.30. The maximum atomic E-state index is 14.0. The quantitative estimate of drug-likeness (QED) is 0.355. The number of morpholine rings is 1. The maximum absolute atomic E-state index is 14.0. The molecular weight excluding hydrogens is 506 g/mol. The van der Waals surface area contributed by atoms with E-state index in [1.165, 1.54) is 0 Å². The van der Waals surface area contributed by atoms with Crippen LogP contribution in [0.25, 0.3) is 0 Å². The molecule has 0 radical (unpaired) electrons. The lowest BCUT2D eigenvalue weighted by Crippen LogP contribution is -2.52. The fourth-order valence-corrected chi connectivity index (χ4v) is 4.88. The van der Waals surface area contributed by atoms with Crippen molar-refractivity contribution in [1.82, 2.24) is 15.1 Å². The number of carbonyl (C=O) groups excluding carboxylic acids is 2. The summed E-state index contributed by atoms with van der Waals surface area (Å²) in [4.78, 5) is 31.7. The number of nitrogens with one attached hydrogen (secondary N) is 1. The van der Waals surface area contributed by atoms with Gasteiger partial charge in [0.15, 0.2) is 11.5 Å². The van der Waals surface area contributed by atoms with Crippen LogP contribution in [0.1, 0.15) is 16.7 Å². The van der Waals surface area contributed by atoms with Crippen LogP contribution in [0.15, 0.2) is 78.9 Å². The largest absolute Gasteiger partial charge is 0.493 e. The van der Waals surface area contributed by atoms with E-state index in [1.54, 1.807) is 25.2 Å². The van der Waals surface area contributed by atoms with Crippen LogP contribution in [-0.4, -0.2) is 81.3 Å². The van der Waals surface area contributed by atoms with Crippen molar-refractivity contribution in [3.63, 3.8) is 0 Å². The second kappa shape index (κ2) is 15.1. The minimum atomic E-state index is -0.681. The highest BCUT2D eigenvalue weighted by molar-refractivity contribution is 5.89. The van der Waals surface area contributed by atoms with Gasteiger partial charge in [-0.1, -0.05) is 66.7 Å². The van der Waals surface area contributed by atoms with E-state index in [2.05, 4.69) is 10.2 Å². The predicted octanol–water partition coefficient (Wildman–Crippen LogP) is 3.33. The van der Waals surface area contributed by atoms with E-state index < -0.39 is 6.04 Å². The molecule has 0 saturated carbocycles. The van der Waals surface area contributed by atoms with Crippen LogP contribution in [0.3, 0.4) is 0 Å². The SMILES string of the molecule is COc1ccc(CC(=O)N(Cc2ccccc2)[C@@H](Cc2ccccc2)C(=O)NCCN2CCOCC2)cc1OC. The summed E-state index contributed by atoms with van der Waals surface area (Å²) in [5, 5.41) is 3.12. The van der Waals surface area contributed by atoms with Gasteiger partial charge >= 0.3 is 0 Å². The molecule has 1 saturated heterocycles. The number of methoxy groups -OCH3 is 2. The standard InChI is InChI=1S/C32H39N3O5/c1-38-29-14-13-27(22-30(29)39-2)23-31(36)35(24-26-11-7-4-8-12-26)28(21-25-9-5-3-6-10-25)32(37)33-15-16-34-17-19-40-20-18-34/h3-14,22,28H,15-21,23-24H2,1-2H3,(H,33,37)/t28-/m0/s1. The van der Waals surface area contributed by atoms with Gasteiger partial charge in [0, 0.05) is 39.1 Å². The van der Waals surface area contributed by atoms with Crippen LogP contribution in [0.5, 0.6) is 11.5 Å². The molecule has 3 aromatic carbocycles.